The van der Waals surface area contributed by atoms with E-state index >= 15 is 0 Å². The lowest BCUT2D eigenvalue weighted by Gasteiger charge is -2.34. The molecular weight excluding hydrogens is 609 g/mol. The maximum Gasteiger partial charge on any atom is 0.160 e. The van der Waals surface area contributed by atoms with Gasteiger partial charge in [0.2, 0.25) is 0 Å². The Morgan fingerprint density at radius 3 is 1.78 bits per heavy atom. The summed E-state index contributed by atoms with van der Waals surface area (Å²) in [4.78, 5) is 10.4. The van der Waals surface area contributed by atoms with Crippen molar-refractivity contribution in [3.05, 3.63) is 204 Å². The number of benzene rings is 7. The Balaban J connectivity index is 1.24. The monoisotopic (exact) mass is 638 g/mol. The minimum atomic E-state index is -0.498. The van der Waals surface area contributed by atoms with Crippen molar-refractivity contribution in [3.63, 3.8) is 0 Å². The van der Waals surface area contributed by atoms with Crippen LogP contribution < -0.4 is 0 Å². The lowest BCUT2D eigenvalue weighted by atomic mass is 9.67. The fourth-order valence-corrected chi connectivity index (χ4v) is 8.00. The van der Waals surface area contributed by atoms with Crippen molar-refractivity contribution in [1.82, 2.24) is 9.97 Å². The molecule has 234 valence electrons. The van der Waals surface area contributed by atoms with Gasteiger partial charge in [-0.05, 0) is 57.6 Å². The summed E-state index contributed by atoms with van der Waals surface area (Å²) in [6, 6.07) is 64.4. The van der Waals surface area contributed by atoms with Crippen LogP contribution >= 0.6 is 0 Å². The molecule has 0 N–H and O–H groups in total. The first-order chi connectivity index (χ1) is 24.8. The van der Waals surface area contributed by atoms with E-state index in [9.17, 15) is 0 Å². The number of rotatable bonds is 5. The molecule has 2 heterocycles. The Hall–Kier alpha value is -6.58. The predicted molar refractivity (Wildman–Crippen MR) is 203 cm³/mol. The fourth-order valence-electron chi connectivity index (χ4n) is 8.00. The second-order valence-electron chi connectivity index (χ2n) is 12.9. The van der Waals surface area contributed by atoms with E-state index in [0.29, 0.717) is 5.82 Å². The zero-order chi connectivity index (χ0) is 33.1. The molecule has 0 saturated carbocycles. The third-order valence-corrected chi connectivity index (χ3v) is 10.2. The van der Waals surface area contributed by atoms with Crippen molar-refractivity contribution in [2.24, 2.45) is 0 Å². The molecule has 0 amide bonds. The molecule has 2 aromatic heterocycles. The molecule has 0 unspecified atom stereocenters. The standard InChI is InChI=1S/C47H30N2O/c1-4-15-31(16-5-1)46-48-42(30-43(49-46)39-24-14-23-38-37-22-11-13-26-44(37)50-45(38)39)32-27-28-36-35-21-10-12-25-40(35)47(41(36)29-32,33-17-6-2-7-18-33)34-19-8-3-9-20-34/h1-30H. The molecule has 7 aromatic carbocycles. The van der Waals surface area contributed by atoms with Gasteiger partial charge in [-0.3, -0.25) is 0 Å². The number of hydrogen-bond acceptors (Lipinski definition) is 3. The van der Waals surface area contributed by atoms with Crippen molar-refractivity contribution in [1.29, 1.82) is 0 Å². The topological polar surface area (TPSA) is 38.9 Å². The number of hydrogen-bond donors (Lipinski definition) is 0. The first-order valence-corrected chi connectivity index (χ1v) is 17.0. The van der Waals surface area contributed by atoms with Crippen LogP contribution in [0.5, 0.6) is 0 Å². The zero-order valence-corrected chi connectivity index (χ0v) is 27.1. The molecule has 3 nitrogen and oxygen atoms in total. The Bertz CT molecular complexity index is 2660. The maximum atomic E-state index is 6.49. The smallest absolute Gasteiger partial charge is 0.160 e. The lowest BCUT2D eigenvalue weighted by molar-refractivity contribution is 0.670. The molecule has 1 aliphatic carbocycles. The van der Waals surface area contributed by atoms with Crippen molar-refractivity contribution in [3.8, 4) is 45.0 Å². The molecule has 50 heavy (non-hydrogen) atoms. The summed E-state index contributed by atoms with van der Waals surface area (Å²) >= 11 is 0. The molecule has 0 bridgehead atoms. The molecule has 3 heteroatoms. The molecule has 0 radical (unpaired) electrons. The van der Waals surface area contributed by atoms with Gasteiger partial charge in [-0.15, -0.1) is 0 Å². The van der Waals surface area contributed by atoms with Gasteiger partial charge in [0.05, 0.1) is 16.8 Å². The molecular formula is C47H30N2O. The van der Waals surface area contributed by atoms with Crippen LogP contribution in [0.1, 0.15) is 22.3 Å². The number of para-hydroxylation sites is 2. The van der Waals surface area contributed by atoms with E-state index in [1.165, 1.54) is 33.4 Å². The van der Waals surface area contributed by atoms with Gasteiger partial charge in [0.25, 0.3) is 0 Å². The Labute approximate surface area is 290 Å². The minimum absolute atomic E-state index is 0.498. The summed E-state index contributed by atoms with van der Waals surface area (Å²) in [6.07, 6.45) is 0. The molecule has 9 aromatic rings. The number of fused-ring (bicyclic) bond motifs is 6. The van der Waals surface area contributed by atoms with E-state index in [0.717, 1.165) is 50.0 Å². The Kier molecular flexibility index (Phi) is 6.40. The van der Waals surface area contributed by atoms with E-state index in [1.807, 2.05) is 30.3 Å². The molecule has 10 rings (SSSR count). The minimum Gasteiger partial charge on any atom is -0.455 e. The molecule has 0 atom stereocenters. The second kappa shape index (κ2) is 11.3. The van der Waals surface area contributed by atoms with Crippen molar-refractivity contribution in [2.75, 3.05) is 0 Å². The SMILES string of the molecule is c1ccc(-c2nc(-c3ccc4c(c3)C(c3ccccc3)(c3ccccc3)c3ccccc3-4)cc(-c3cccc4c3oc3ccccc34)n2)cc1. The lowest BCUT2D eigenvalue weighted by Crippen LogP contribution is -2.28. The van der Waals surface area contributed by atoms with Crippen LogP contribution in [0.3, 0.4) is 0 Å². The van der Waals surface area contributed by atoms with Crippen LogP contribution in [-0.4, -0.2) is 9.97 Å². The van der Waals surface area contributed by atoms with E-state index < -0.39 is 5.41 Å². The highest BCUT2D eigenvalue weighted by Crippen LogP contribution is 2.56. The second-order valence-corrected chi connectivity index (χ2v) is 12.9. The van der Waals surface area contributed by atoms with Crippen LogP contribution in [-0.2, 0) is 5.41 Å². The third kappa shape index (κ3) is 4.23. The van der Waals surface area contributed by atoms with Crippen molar-refractivity contribution in [2.45, 2.75) is 5.41 Å². The van der Waals surface area contributed by atoms with Gasteiger partial charge >= 0.3 is 0 Å². The summed E-state index contributed by atoms with van der Waals surface area (Å²) in [5.41, 5.74) is 13.3. The highest BCUT2D eigenvalue weighted by molar-refractivity contribution is 6.09. The third-order valence-electron chi connectivity index (χ3n) is 10.2. The highest BCUT2D eigenvalue weighted by Gasteiger charge is 2.46. The van der Waals surface area contributed by atoms with Crippen molar-refractivity contribution < 1.29 is 4.42 Å². The van der Waals surface area contributed by atoms with Crippen LogP contribution in [0, 0.1) is 0 Å². The largest absolute Gasteiger partial charge is 0.455 e. The molecule has 0 aliphatic heterocycles. The van der Waals surface area contributed by atoms with E-state index in [2.05, 4.69) is 152 Å². The molecule has 0 spiro atoms. The van der Waals surface area contributed by atoms with Crippen LogP contribution in [0.2, 0.25) is 0 Å². The van der Waals surface area contributed by atoms with Crippen LogP contribution in [0.25, 0.3) is 67.0 Å². The highest BCUT2D eigenvalue weighted by atomic mass is 16.3. The fraction of sp³-hybridized carbons (Fsp3) is 0.0213. The van der Waals surface area contributed by atoms with Crippen LogP contribution in [0.15, 0.2) is 186 Å². The summed E-state index contributed by atoms with van der Waals surface area (Å²) < 4.78 is 6.49. The van der Waals surface area contributed by atoms with Crippen molar-refractivity contribution >= 4 is 21.9 Å². The van der Waals surface area contributed by atoms with Gasteiger partial charge in [-0.25, -0.2) is 9.97 Å². The average Bonchev–Trinajstić information content (AvgIpc) is 3.72. The maximum absolute atomic E-state index is 6.49. The number of nitrogens with zero attached hydrogens (tertiary/aromatic N) is 2. The van der Waals surface area contributed by atoms with Gasteiger partial charge < -0.3 is 4.42 Å². The predicted octanol–water partition coefficient (Wildman–Crippen LogP) is 11.7. The van der Waals surface area contributed by atoms with E-state index in [4.69, 9.17) is 14.4 Å². The van der Waals surface area contributed by atoms with E-state index in [-0.39, 0.29) is 0 Å². The summed E-state index contributed by atoms with van der Waals surface area (Å²) in [6.45, 7) is 0. The molecule has 0 saturated heterocycles. The van der Waals surface area contributed by atoms with Crippen LogP contribution in [0.4, 0.5) is 0 Å². The molecule has 0 fully saturated rings. The summed E-state index contributed by atoms with van der Waals surface area (Å²) in [5, 5.41) is 2.17. The molecule has 1 aliphatic rings. The number of aromatic nitrogens is 2. The van der Waals surface area contributed by atoms with Gasteiger partial charge in [-0.1, -0.05) is 158 Å². The summed E-state index contributed by atoms with van der Waals surface area (Å²) in [5.74, 6) is 0.674. The first kappa shape index (κ1) is 28.4. The van der Waals surface area contributed by atoms with Gasteiger partial charge in [0.1, 0.15) is 11.2 Å². The van der Waals surface area contributed by atoms with Gasteiger partial charge in [-0.2, -0.15) is 0 Å². The van der Waals surface area contributed by atoms with Gasteiger partial charge in [0.15, 0.2) is 5.82 Å². The normalized spacial score (nSPS) is 13.0. The Morgan fingerprint density at radius 2 is 1.00 bits per heavy atom. The average molecular weight is 639 g/mol. The zero-order valence-electron chi connectivity index (χ0n) is 27.1. The summed E-state index contributed by atoms with van der Waals surface area (Å²) in [7, 11) is 0. The Morgan fingerprint density at radius 1 is 0.400 bits per heavy atom. The van der Waals surface area contributed by atoms with Gasteiger partial charge in [0, 0.05) is 27.5 Å². The quantitative estimate of drug-likeness (QED) is 0.188. The number of furan rings is 1. The first-order valence-electron chi connectivity index (χ1n) is 17.0. The van der Waals surface area contributed by atoms with E-state index in [1.54, 1.807) is 0 Å².